The van der Waals surface area contributed by atoms with Gasteiger partial charge in [-0.3, -0.25) is 10.00 Å². The van der Waals surface area contributed by atoms with Crippen LogP contribution in [0.2, 0.25) is 0 Å². The average Bonchev–Trinajstić information content (AvgIpc) is 3.14. The number of thiazole rings is 1. The summed E-state index contributed by atoms with van der Waals surface area (Å²) in [5.74, 6) is 1.68. The Balaban J connectivity index is 1.60. The van der Waals surface area contributed by atoms with Gasteiger partial charge in [-0.25, -0.2) is 9.97 Å². The van der Waals surface area contributed by atoms with Gasteiger partial charge in [-0.2, -0.15) is 5.10 Å². The highest BCUT2D eigenvalue weighted by atomic mass is 32.1. The molecule has 1 saturated heterocycles. The van der Waals surface area contributed by atoms with E-state index >= 15 is 0 Å². The summed E-state index contributed by atoms with van der Waals surface area (Å²) in [5, 5.41) is 7.41. The predicted molar refractivity (Wildman–Crippen MR) is 90.8 cm³/mol. The van der Waals surface area contributed by atoms with Gasteiger partial charge in [0.05, 0.1) is 17.8 Å². The topological polar surface area (TPSA) is 66.9 Å². The molecule has 0 bridgehead atoms. The number of aromatic nitrogens is 4. The second-order valence-corrected chi connectivity index (χ2v) is 8.00. The van der Waals surface area contributed by atoms with Gasteiger partial charge in [0.2, 0.25) is 0 Å². The number of H-pyrrole nitrogens is 1. The van der Waals surface area contributed by atoms with E-state index in [-0.39, 0.29) is 11.5 Å². The zero-order valence-electron chi connectivity index (χ0n) is 14.3. The lowest BCUT2D eigenvalue weighted by Crippen LogP contribution is -2.39. The molecule has 1 atom stereocenters. The molecule has 3 rings (SSSR count). The Kier molecular flexibility index (Phi) is 4.79. The van der Waals surface area contributed by atoms with E-state index < -0.39 is 0 Å². The van der Waals surface area contributed by atoms with Gasteiger partial charge < -0.3 is 4.74 Å². The van der Waals surface area contributed by atoms with Gasteiger partial charge in [0.25, 0.3) is 0 Å². The van der Waals surface area contributed by atoms with Gasteiger partial charge in [-0.05, 0) is 13.3 Å². The van der Waals surface area contributed by atoms with Gasteiger partial charge in [0.1, 0.15) is 6.10 Å². The normalized spacial score (nSPS) is 20.1. The van der Waals surface area contributed by atoms with Crippen molar-refractivity contribution < 1.29 is 4.74 Å². The molecule has 0 saturated carbocycles. The number of morpholine rings is 1. The Bertz CT molecular complexity index is 645. The van der Waals surface area contributed by atoms with Gasteiger partial charge in [-0.1, -0.05) is 20.8 Å². The first-order valence-electron chi connectivity index (χ1n) is 8.09. The van der Waals surface area contributed by atoms with Crippen LogP contribution in [0.25, 0.3) is 0 Å². The van der Waals surface area contributed by atoms with E-state index in [1.165, 1.54) is 4.88 Å². The summed E-state index contributed by atoms with van der Waals surface area (Å²) in [4.78, 5) is 12.8. The summed E-state index contributed by atoms with van der Waals surface area (Å²) >= 11 is 1.74. The molecule has 0 aromatic carbocycles. The Morgan fingerprint density at radius 2 is 2.26 bits per heavy atom. The maximum Gasteiger partial charge on any atom is 0.156 e. The molecule has 0 amide bonds. The number of hydrogen-bond donors (Lipinski definition) is 1. The van der Waals surface area contributed by atoms with Crippen LogP contribution in [0.3, 0.4) is 0 Å². The first-order chi connectivity index (χ1) is 10.9. The molecule has 0 aliphatic carbocycles. The van der Waals surface area contributed by atoms with Crippen LogP contribution in [0, 0.1) is 6.92 Å². The molecule has 7 heteroatoms. The lowest BCUT2D eigenvalue weighted by Gasteiger charge is -2.31. The number of aryl methyl sites for hydroxylation is 1. The lowest BCUT2D eigenvalue weighted by atomic mass is 9.96. The van der Waals surface area contributed by atoms with E-state index in [0.29, 0.717) is 0 Å². The van der Waals surface area contributed by atoms with E-state index in [1.807, 2.05) is 5.51 Å². The van der Waals surface area contributed by atoms with Crippen molar-refractivity contribution in [3.63, 3.8) is 0 Å². The largest absolute Gasteiger partial charge is 0.368 e. The standard InChI is InChI=1S/C16H25N5OS/c1-11-13(23-10-17-11)5-6-21-7-8-22-12(9-21)14-18-15(20-19-14)16(2,3)4/h10,12H,5-9H2,1-4H3,(H,18,19,20). The third kappa shape index (κ3) is 3.97. The van der Waals surface area contributed by atoms with Crippen LogP contribution < -0.4 is 0 Å². The number of rotatable bonds is 4. The van der Waals surface area contributed by atoms with E-state index in [1.54, 1.807) is 11.3 Å². The molecule has 126 valence electrons. The van der Waals surface area contributed by atoms with Crippen molar-refractivity contribution in [2.75, 3.05) is 26.2 Å². The van der Waals surface area contributed by atoms with Crippen molar-refractivity contribution in [3.05, 3.63) is 27.7 Å². The van der Waals surface area contributed by atoms with Gasteiger partial charge in [0, 0.05) is 29.9 Å². The van der Waals surface area contributed by atoms with E-state index in [4.69, 9.17) is 4.74 Å². The van der Waals surface area contributed by atoms with Crippen LogP contribution in [-0.4, -0.2) is 51.3 Å². The molecule has 1 aliphatic rings. The van der Waals surface area contributed by atoms with Crippen LogP contribution >= 0.6 is 11.3 Å². The Labute approximate surface area is 141 Å². The Morgan fingerprint density at radius 1 is 1.43 bits per heavy atom. The molecule has 1 unspecified atom stereocenters. The summed E-state index contributed by atoms with van der Waals surface area (Å²) in [5.41, 5.74) is 3.03. The number of nitrogens with one attached hydrogen (secondary N) is 1. The van der Waals surface area contributed by atoms with Crippen LogP contribution in [0.1, 0.15) is 49.1 Å². The van der Waals surface area contributed by atoms with Crippen molar-refractivity contribution in [2.24, 2.45) is 0 Å². The molecule has 2 aromatic heterocycles. The fourth-order valence-electron chi connectivity index (χ4n) is 2.65. The van der Waals surface area contributed by atoms with Crippen molar-refractivity contribution in [1.29, 1.82) is 0 Å². The van der Waals surface area contributed by atoms with E-state index in [9.17, 15) is 0 Å². The number of nitrogens with zero attached hydrogens (tertiary/aromatic N) is 4. The summed E-state index contributed by atoms with van der Waals surface area (Å²) in [6.45, 7) is 12.0. The molecule has 3 heterocycles. The molecular weight excluding hydrogens is 310 g/mol. The SMILES string of the molecule is Cc1ncsc1CCN1CCOC(c2nc(C(C)(C)C)n[nH]2)C1. The van der Waals surface area contributed by atoms with Crippen molar-refractivity contribution in [2.45, 2.75) is 45.6 Å². The fraction of sp³-hybridized carbons (Fsp3) is 0.688. The third-order valence-corrected chi connectivity index (χ3v) is 5.12. The molecule has 2 aromatic rings. The van der Waals surface area contributed by atoms with E-state index in [0.717, 1.165) is 50.0 Å². The van der Waals surface area contributed by atoms with Gasteiger partial charge in [-0.15, -0.1) is 11.3 Å². The monoisotopic (exact) mass is 335 g/mol. The summed E-state index contributed by atoms with van der Waals surface area (Å²) in [6, 6.07) is 0. The highest BCUT2D eigenvalue weighted by Gasteiger charge is 2.27. The zero-order chi connectivity index (χ0) is 16.4. The number of ether oxygens (including phenoxy) is 1. The first kappa shape index (κ1) is 16.5. The van der Waals surface area contributed by atoms with Crippen molar-refractivity contribution >= 4 is 11.3 Å². The van der Waals surface area contributed by atoms with Crippen LogP contribution in [0.15, 0.2) is 5.51 Å². The Hall–Kier alpha value is -1.31. The highest BCUT2D eigenvalue weighted by Crippen LogP contribution is 2.23. The second-order valence-electron chi connectivity index (χ2n) is 7.07. The maximum absolute atomic E-state index is 5.90. The predicted octanol–water partition coefficient (Wildman–Crippen LogP) is 2.48. The smallest absolute Gasteiger partial charge is 0.156 e. The average molecular weight is 335 g/mol. The molecule has 1 aliphatic heterocycles. The summed E-state index contributed by atoms with van der Waals surface area (Å²) in [6.07, 6.45) is 1.03. The molecule has 23 heavy (non-hydrogen) atoms. The van der Waals surface area contributed by atoms with E-state index in [2.05, 4.69) is 52.8 Å². The van der Waals surface area contributed by atoms with Crippen LogP contribution in [0.4, 0.5) is 0 Å². The van der Waals surface area contributed by atoms with Crippen LogP contribution in [0.5, 0.6) is 0 Å². The highest BCUT2D eigenvalue weighted by molar-refractivity contribution is 7.09. The first-order valence-corrected chi connectivity index (χ1v) is 8.97. The maximum atomic E-state index is 5.90. The molecule has 1 N–H and O–H groups in total. The summed E-state index contributed by atoms with van der Waals surface area (Å²) < 4.78 is 5.90. The third-order valence-electron chi connectivity index (χ3n) is 4.13. The second kappa shape index (κ2) is 6.67. The molecule has 1 fully saturated rings. The molecule has 6 nitrogen and oxygen atoms in total. The van der Waals surface area contributed by atoms with Crippen molar-refractivity contribution in [3.8, 4) is 0 Å². The quantitative estimate of drug-likeness (QED) is 0.930. The minimum Gasteiger partial charge on any atom is -0.368 e. The molecule has 0 radical (unpaired) electrons. The minimum absolute atomic E-state index is 0.0186. The van der Waals surface area contributed by atoms with Gasteiger partial charge >= 0.3 is 0 Å². The molecule has 0 spiro atoms. The fourth-order valence-corrected chi connectivity index (χ4v) is 3.42. The molecular formula is C16H25N5OS. The van der Waals surface area contributed by atoms with Crippen molar-refractivity contribution in [1.82, 2.24) is 25.1 Å². The zero-order valence-corrected chi connectivity index (χ0v) is 15.1. The van der Waals surface area contributed by atoms with Crippen LogP contribution in [-0.2, 0) is 16.6 Å². The lowest BCUT2D eigenvalue weighted by molar-refractivity contribution is -0.0337. The number of hydrogen-bond acceptors (Lipinski definition) is 6. The summed E-state index contributed by atoms with van der Waals surface area (Å²) in [7, 11) is 0. The minimum atomic E-state index is -0.0488. The number of aromatic amines is 1. The van der Waals surface area contributed by atoms with Gasteiger partial charge in [0.15, 0.2) is 11.6 Å². The Morgan fingerprint density at radius 3 is 2.91 bits per heavy atom.